The Balaban J connectivity index is 1.98. The van der Waals surface area contributed by atoms with Crippen LogP contribution in [-0.2, 0) is 6.42 Å². The molecule has 1 N–H and O–H groups in total. The van der Waals surface area contributed by atoms with Crippen LogP contribution in [0.1, 0.15) is 56.7 Å². The highest BCUT2D eigenvalue weighted by molar-refractivity contribution is 9.10. The summed E-state index contributed by atoms with van der Waals surface area (Å²) in [7, 11) is 0. The highest BCUT2D eigenvalue weighted by atomic mass is 79.9. The van der Waals surface area contributed by atoms with E-state index in [0.717, 1.165) is 16.9 Å². The molecular weight excluding hydrogens is 326 g/mol. The Bertz CT molecular complexity index is 559. The van der Waals surface area contributed by atoms with Gasteiger partial charge in [-0.05, 0) is 65.4 Å². The molecule has 3 heteroatoms. The monoisotopic (exact) mass is 349 g/mol. The summed E-state index contributed by atoms with van der Waals surface area (Å²) < 4.78 is 6.37. The van der Waals surface area contributed by atoms with Crippen molar-refractivity contribution in [3.05, 3.63) is 58.0 Å². The second-order valence-corrected chi connectivity index (χ2v) is 6.87. The Hall–Kier alpha value is -1.06. The normalized spacial score (nSPS) is 14.4. The predicted octanol–water partition coefficient (Wildman–Crippen LogP) is 5.65. The first-order valence-electron chi connectivity index (χ1n) is 7.56. The summed E-state index contributed by atoms with van der Waals surface area (Å²) in [6, 6.07) is 13.3. The van der Waals surface area contributed by atoms with Gasteiger partial charge in [-0.15, -0.1) is 0 Å². The van der Waals surface area contributed by atoms with Crippen molar-refractivity contribution in [2.45, 2.75) is 46.2 Å². The third-order valence-corrected chi connectivity index (χ3v) is 4.07. The van der Waals surface area contributed by atoms with E-state index < -0.39 is 0 Å². The van der Waals surface area contributed by atoms with Crippen LogP contribution in [0.3, 0.4) is 0 Å². The van der Waals surface area contributed by atoms with E-state index in [4.69, 9.17) is 4.42 Å². The lowest BCUT2D eigenvalue weighted by atomic mass is 9.99. The first-order chi connectivity index (χ1) is 9.95. The fourth-order valence-electron chi connectivity index (χ4n) is 2.53. The summed E-state index contributed by atoms with van der Waals surface area (Å²) in [6.07, 6.45) is 1.14. The molecule has 2 aromatic rings. The highest BCUT2D eigenvalue weighted by Crippen LogP contribution is 2.23. The van der Waals surface area contributed by atoms with E-state index in [0.29, 0.717) is 5.92 Å². The first kappa shape index (κ1) is 16.3. The summed E-state index contributed by atoms with van der Waals surface area (Å²) in [6.45, 7) is 8.81. The van der Waals surface area contributed by atoms with Gasteiger partial charge in [-0.25, -0.2) is 0 Å². The fraction of sp³-hybridized carbons (Fsp3) is 0.444. The maximum atomic E-state index is 5.60. The molecule has 0 aliphatic rings. The highest BCUT2D eigenvalue weighted by Gasteiger charge is 2.14. The standard InChI is InChI=1S/C18H24BrNO/c1-12(2)11-15-5-7-16(8-6-15)13(3)20-14(4)17-9-10-18(19)21-17/h5-10,12-14,20H,11H2,1-4H3. The molecule has 0 amide bonds. The van der Waals surface area contributed by atoms with Crippen molar-refractivity contribution in [1.82, 2.24) is 5.32 Å². The molecule has 114 valence electrons. The molecule has 2 nitrogen and oxygen atoms in total. The van der Waals surface area contributed by atoms with Crippen LogP contribution in [0, 0.1) is 5.92 Å². The summed E-state index contributed by atoms with van der Waals surface area (Å²) in [5.41, 5.74) is 2.71. The fourth-order valence-corrected chi connectivity index (χ4v) is 2.85. The summed E-state index contributed by atoms with van der Waals surface area (Å²) in [5.74, 6) is 1.65. The molecular formula is C18H24BrNO. The van der Waals surface area contributed by atoms with Crippen molar-refractivity contribution >= 4 is 15.9 Å². The Kier molecular flexibility index (Phi) is 5.65. The number of benzene rings is 1. The molecule has 2 atom stereocenters. The maximum absolute atomic E-state index is 5.60. The molecule has 0 bridgehead atoms. The number of furan rings is 1. The van der Waals surface area contributed by atoms with Crippen LogP contribution in [0.25, 0.3) is 0 Å². The minimum Gasteiger partial charge on any atom is -0.453 e. The van der Waals surface area contributed by atoms with Gasteiger partial charge < -0.3 is 9.73 Å². The SMILES string of the molecule is CC(C)Cc1ccc(C(C)NC(C)c2ccc(Br)o2)cc1. The van der Waals surface area contributed by atoms with E-state index in [9.17, 15) is 0 Å². The van der Waals surface area contributed by atoms with E-state index in [-0.39, 0.29) is 12.1 Å². The van der Waals surface area contributed by atoms with Gasteiger partial charge in [0.1, 0.15) is 5.76 Å². The summed E-state index contributed by atoms with van der Waals surface area (Å²) in [4.78, 5) is 0. The molecule has 0 saturated carbocycles. The van der Waals surface area contributed by atoms with Crippen LogP contribution in [0.4, 0.5) is 0 Å². The largest absolute Gasteiger partial charge is 0.453 e. The molecule has 0 aliphatic heterocycles. The number of nitrogens with one attached hydrogen (secondary N) is 1. The zero-order valence-electron chi connectivity index (χ0n) is 13.2. The lowest BCUT2D eigenvalue weighted by Crippen LogP contribution is -2.22. The molecule has 0 spiro atoms. The Morgan fingerprint density at radius 3 is 2.14 bits per heavy atom. The average Bonchev–Trinajstić information content (AvgIpc) is 2.85. The van der Waals surface area contributed by atoms with Gasteiger partial charge in [0.2, 0.25) is 0 Å². The lowest BCUT2D eigenvalue weighted by molar-refractivity contribution is 0.394. The minimum absolute atomic E-state index is 0.182. The zero-order valence-corrected chi connectivity index (χ0v) is 14.8. The molecule has 21 heavy (non-hydrogen) atoms. The van der Waals surface area contributed by atoms with E-state index >= 15 is 0 Å². The van der Waals surface area contributed by atoms with E-state index in [1.54, 1.807) is 0 Å². The lowest BCUT2D eigenvalue weighted by Gasteiger charge is -2.19. The van der Waals surface area contributed by atoms with Gasteiger partial charge in [0, 0.05) is 6.04 Å². The van der Waals surface area contributed by atoms with Gasteiger partial charge in [-0.2, -0.15) is 0 Å². The van der Waals surface area contributed by atoms with E-state index in [1.807, 2.05) is 12.1 Å². The van der Waals surface area contributed by atoms with Crippen LogP contribution < -0.4 is 5.32 Å². The minimum atomic E-state index is 0.182. The summed E-state index contributed by atoms with van der Waals surface area (Å²) in [5, 5.41) is 3.57. The van der Waals surface area contributed by atoms with Gasteiger partial charge in [-0.3, -0.25) is 0 Å². The molecule has 1 aromatic heterocycles. The van der Waals surface area contributed by atoms with Gasteiger partial charge in [0.25, 0.3) is 0 Å². The smallest absolute Gasteiger partial charge is 0.169 e. The number of hydrogen-bond acceptors (Lipinski definition) is 2. The second-order valence-electron chi connectivity index (χ2n) is 6.09. The second kappa shape index (κ2) is 7.28. The van der Waals surface area contributed by atoms with Crippen molar-refractivity contribution in [2.75, 3.05) is 0 Å². The van der Waals surface area contributed by atoms with Crippen molar-refractivity contribution in [3.63, 3.8) is 0 Å². The molecule has 0 saturated heterocycles. The zero-order chi connectivity index (χ0) is 15.4. The van der Waals surface area contributed by atoms with Crippen LogP contribution in [0.5, 0.6) is 0 Å². The third-order valence-electron chi connectivity index (χ3n) is 3.64. The number of rotatable bonds is 6. The number of halogens is 1. The Morgan fingerprint density at radius 2 is 1.62 bits per heavy atom. The third kappa shape index (κ3) is 4.72. The molecule has 0 aliphatic carbocycles. The summed E-state index contributed by atoms with van der Waals surface area (Å²) >= 11 is 3.34. The van der Waals surface area contributed by atoms with Gasteiger partial charge in [-0.1, -0.05) is 38.1 Å². The first-order valence-corrected chi connectivity index (χ1v) is 8.35. The van der Waals surface area contributed by atoms with Crippen LogP contribution in [0.2, 0.25) is 0 Å². The van der Waals surface area contributed by atoms with Crippen LogP contribution in [-0.4, -0.2) is 0 Å². The Morgan fingerprint density at radius 1 is 0.952 bits per heavy atom. The predicted molar refractivity (Wildman–Crippen MR) is 91.4 cm³/mol. The quantitative estimate of drug-likeness (QED) is 0.728. The Labute approximate surface area is 136 Å². The topological polar surface area (TPSA) is 25.2 Å². The van der Waals surface area contributed by atoms with Crippen LogP contribution in [0.15, 0.2) is 45.5 Å². The van der Waals surface area contributed by atoms with Gasteiger partial charge in [0.15, 0.2) is 4.67 Å². The van der Waals surface area contributed by atoms with Crippen molar-refractivity contribution in [2.24, 2.45) is 5.92 Å². The van der Waals surface area contributed by atoms with Gasteiger partial charge >= 0.3 is 0 Å². The van der Waals surface area contributed by atoms with E-state index in [2.05, 4.69) is 73.2 Å². The molecule has 2 unspecified atom stereocenters. The van der Waals surface area contributed by atoms with Crippen molar-refractivity contribution < 1.29 is 4.42 Å². The van der Waals surface area contributed by atoms with Crippen molar-refractivity contribution in [3.8, 4) is 0 Å². The maximum Gasteiger partial charge on any atom is 0.169 e. The average molecular weight is 350 g/mol. The van der Waals surface area contributed by atoms with E-state index in [1.165, 1.54) is 11.1 Å². The molecule has 0 radical (unpaired) electrons. The van der Waals surface area contributed by atoms with Crippen LogP contribution >= 0.6 is 15.9 Å². The molecule has 1 aromatic carbocycles. The molecule has 0 fully saturated rings. The van der Waals surface area contributed by atoms with Crippen molar-refractivity contribution in [1.29, 1.82) is 0 Å². The number of hydrogen-bond donors (Lipinski definition) is 1. The molecule has 2 rings (SSSR count). The van der Waals surface area contributed by atoms with Gasteiger partial charge in [0.05, 0.1) is 6.04 Å². The molecule has 1 heterocycles.